The minimum atomic E-state index is -1.19. The van der Waals surface area contributed by atoms with Gasteiger partial charge < -0.3 is 24.4 Å². The van der Waals surface area contributed by atoms with Crippen molar-refractivity contribution in [2.24, 2.45) is 0 Å². The van der Waals surface area contributed by atoms with Gasteiger partial charge in [0.1, 0.15) is 12.2 Å². The van der Waals surface area contributed by atoms with Crippen LogP contribution >= 0.6 is 0 Å². The minimum absolute atomic E-state index is 0.306. The second-order valence-corrected chi connectivity index (χ2v) is 8.37. The first-order valence-corrected chi connectivity index (χ1v) is 11.7. The number of aliphatic hydroxyl groups excluding tert-OH is 2. The number of methoxy groups -OCH3 is 1. The average Bonchev–Trinajstić information content (AvgIpc) is 2.71. The molecule has 1 aliphatic heterocycles. The molecule has 2 N–H and O–H groups in total. The molecule has 1 rings (SSSR count). The molecule has 5 atom stereocenters. The molecular formula is C23H44O6. The predicted molar refractivity (Wildman–Crippen MR) is 114 cm³/mol. The lowest BCUT2D eigenvalue weighted by atomic mass is 9.99. The van der Waals surface area contributed by atoms with Crippen molar-refractivity contribution in [2.75, 3.05) is 7.11 Å². The maximum atomic E-state index is 12.1. The van der Waals surface area contributed by atoms with Gasteiger partial charge in [-0.3, -0.25) is 4.79 Å². The Morgan fingerprint density at radius 2 is 1.31 bits per heavy atom. The molecule has 0 aliphatic carbocycles. The summed E-state index contributed by atoms with van der Waals surface area (Å²) in [4.78, 5) is 12.1. The molecule has 1 saturated heterocycles. The van der Waals surface area contributed by atoms with Crippen LogP contribution in [0, 0.1) is 0 Å². The van der Waals surface area contributed by atoms with E-state index in [1.54, 1.807) is 6.92 Å². The van der Waals surface area contributed by atoms with Gasteiger partial charge in [-0.1, -0.05) is 84.0 Å². The molecular weight excluding hydrogens is 372 g/mol. The molecule has 0 bridgehead atoms. The zero-order chi connectivity index (χ0) is 21.5. The number of aliphatic hydroxyl groups is 2. The van der Waals surface area contributed by atoms with Gasteiger partial charge in [-0.2, -0.15) is 0 Å². The molecule has 0 amide bonds. The predicted octanol–water partition coefficient (Wildman–Crippen LogP) is 4.49. The lowest BCUT2D eigenvalue weighted by molar-refractivity contribution is -0.289. The van der Waals surface area contributed by atoms with E-state index < -0.39 is 30.7 Å². The number of hydrogen-bond donors (Lipinski definition) is 2. The van der Waals surface area contributed by atoms with Gasteiger partial charge in [0.25, 0.3) is 0 Å². The van der Waals surface area contributed by atoms with Crippen LogP contribution in [0.4, 0.5) is 0 Å². The van der Waals surface area contributed by atoms with Crippen LogP contribution in [0.25, 0.3) is 0 Å². The van der Waals surface area contributed by atoms with E-state index in [1.165, 1.54) is 71.3 Å². The van der Waals surface area contributed by atoms with Gasteiger partial charge in [0.2, 0.25) is 0 Å². The summed E-state index contributed by atoms with van der Waals surface area (Å²) < 4.78 is 15.7. The first-order chi connectivity index (χ1) is 14.0. The highest BCUT2D eigenvalue weighted by atomic mass is 16.7. The summed E-state index contributed by atoms with van der Waals surface area (Å²) in [7, 11) is 1.41. The fourth-order valence-electron chi connectivity index (χ4n) is 3.83. The molecule has 1 heterocycles. The summed E-state index contributed by atoms with van der Waals surface area (Å²) in [6, 6.07) is 0. The fourth-order valence-corrected chi connectivity index (χ4v) is 3.83. The van der Waals surface area contributed by atoms with E-state index in [0.29, 0.717) is 6.42 Å². The average molecular weight is 417 g/mol. The highest BCUT2D eigenvalue weighted by Gasteiger charge is 2.45. The van der Waals surface area contributed by atoms with Crippen LogP contribution in [0.15, 0.2) is 0 Å². The van der Waals surface area contributed by atoms with E-state index in [4.69, 9.17) is 14.2 Å². The number of carbonyl (C=O) groups is 1. The van der Waals surface area contributed by atoms with Crippen molar-refractivity contribution in [1.82, 2.24) is 0 Å². The Bertz CT molecular complexity index is 416. The van der Waals surface area contributed by atoms with E-state index >= 15 is 0 Å². The number of ether oxygens (including phenoxy) is 3. The molecule has 0 aromatic carbocycles. The zero-order valence-electron chi connectivity index (χ0n) is 18.8. The summed E-state index contributed by atoms with van der Waals surface area (Å²) >= 11 is 0. The van der Waals surface area contributed by atoms with Gasteiger partial charge in [0, 0.05) is 13.5 Å². The topological polar surface area (TPSA) is 85.2 Å². The first kappa shape index (κ1) is 26.3. The highest BCUT2D eigenvalue weighted by molar-refractivity contribution is 5.69. The Hall–Kier alpha value is -0.690. The van der Waals surface area contributed by atoms with Crippen LogP contribution in [0.2, 0.25) is 0 Å². The molecule has 0 saturated carbocycles. The van der Waals surface area contributed by atoms with Crippen LogP contribution in [-0.2, 0) is 19.0 Å². The Morgan fingerprint density at radius 1 is 0.828 bits per heavy atom. The third-order valence-corrected chi connectivity index (χ3v) is 5.77. The van der Waals surface area contributed by atoms with E-state index in [9.17, 15) is 15.0 Å². The quantitative estimate of drug-likeness (QED) is 0.285. The summed E-state index contributed by atoms with van der Waals surface area (Å²) in [5, 5.41) is 20.3. The maximum Gasteiger partial charge on any atom is 0.306 e. The number of rotatable bonds is 16. The van der Waals surface area contributed by atoms with Crippen molar-refractivity contribution in [1.29, 1.82) is 0 Å². The molecule has 6 heteroatoms. The normalized spacial score (nSPS) is 27.1. The lowest BCUT2D eigenvalue weighted by Gasteiger charge is -2.40. The molecule has 29 heavy (non-hydrogen) atoms. The highest BCUT2D eigenvalue weighted by Crippen LogP contribution is 2.24. The number of esters is 1. The van der Waals surface area contributed by atoms with Crippen LogP contribution in [-0.4, -0.2) is 54.0 Å². The van der Waals surface area contributed by atoms with Crippen molar-refractivity contribution < 1.29 is 29.2 Å². The summed E-state index contributed by atoms with van der Waals surface area (Å²) in [5.74, 6) is -0.389. The summed E-state index contributed by atoms with van der Waals surface area (Å²) in [6.07, 6.45) is 11.8. The van der Waals surface area contributed by atoms with Crippen molar-refractivity contribution in [3.8, 4) is 0 Å². The van der Waals surface area contributed by atoms with Gasteiger partial charge in [-0.25, -0.2) is 0 Å². The van der Waals surface area contributed by atoms with Gasteiger partial charge in [-0.15, -0.1) is 0 Å². The summed E-state index contributed by atoms with van der Waals surface area (Å²) in [5.41, 5.74) is 0. The molecule has 1 aliphatic rings. The second kappa shape index (κ2) is 16.1. The molecule has 172 valence electrons. The Balaban J connectivity index is 2.02. The lowest BCUT2D eigenvalue weighted by Crippen LogP contribution is -2.58. The molecule has 1 fully saturated rings. The number of carbonyl (C=O) groups excluding carboxylic acids is 1. The molecule has 0 unspecified atom stereocenters. The monoisotopic (exact) mass is 416 g/mol. The van der Waals surface area contributed by atoms with Crippen LogP contribution in [0.3, 0.4) is 0 Å². The third kappa shape index (κ3) is 10.8. The molecule has 0 spiro atoms. The van der Waals surface area contributed by atoms with E-state index in [1.807, 2.05) is 0 Å². The van der Waals surface area contributed by atoms with Crippen molar-refractivity contribution >= 4 is 5.97 Å². The zero-order valence-corrected chi connectivity index (χ0v) is 18.8. The second-order valence-electron chi connectivity index (χ2n) is 8.37. The smallest absolute Gasteiger partial charge is 0.306 e. The fraction of sp³-hybridized carbons (Fsp3) is 0.957. The van der Waals surface area contributed by atoms with Crippen molar-refractivity contribution in [2.45, 2.75) is 134 Å². The van der Waals surface area contributed by atoms with Gasteiger partial charge in [0.05, 0.1) is 6.10 Å². The van der Waals surface area contributed by atoms with Gasteiger partial charge in [-0.05, 0) is 13.3 Å². The standard InChI is InChI=1S/C23H44O6/c1-4-5-6-7-8-9-10-11-12-13-14-15-16-17-19(24)29-22-20(25)18(2)28-23(27-3)21(22)26/h18,20-23,25-26H,4-17H2,1-3H3/t18-,20+,21-,22+,23+/m0/s1. The van der Waals surface area contributed by atoms with E-state index in [-0.39, 0.29) is 5.97 Å². The van der Waals surface area contributed by atoms with Crippen molar-refractivity contribution in [3.05, 3.63) is 0 Å². The maximum absolute atomic E-state index is 12.1. The van der Waals surface area contributed by atoms with Gasteiger partial charge in [0.15, 0.2) is 12.4 Å². The van der Waals surface area contributed by atoms with Crippen LogP contribution in [0.5, 0.6) is 0 Å². The molecule has 0 aromatic rings. The first-order valence-electron chi connectivity index (χ1n) is 11.7. The number of hydrogen-bond acceptors (Lipinski definition) is 6. The molecule has 0 aromatic heterocycles. The van der Waals surface area contributed by atoms with E-state index in [2.05, 4.69) is 6.92 Å². The van der Waals surface area contributed by atoms with Crippen LogP contribution < -0.4 is 0 Å². The van der Waals surface area contributed by atoms with E-state index in [0.717, 1.165) is 19.3 Å². The minimum Gasteiger partial charge on any atom is -0.456 e. The SMILES string of the molecule is CCCCCCCCCCCCCCCC(=O)O[C@H]1[C@H](O)[C@H](OC)O[C@@H](C)[C@H]1O. The summed E-state index contributed by atoms with van der Waals surface area (Å²) in [6.45, 7) is 3.91. The van der Waals surface area contributed by atoms with Gasteiger partial charge >= 0.3 is 5.97 Å². The largest absolute Gasteiger partial charge is 0.456 e. The molecule has 6 nitrogen and oxygen atoms in total. The Morgan fingerprint density at radius 3 is 1.79 bits per heavy atom. The van der Waals surface area contributed by atoms with Crippen LogP contribution in [0.1, 0.15) is 104 Å². The Labute approximate surface area is 177 Å². The number of unbranched alkanes of at least 4 members (excludes halogenated alkanes) is 12. The third-order valence-electron chi connectivity index (χ3n) is 5.77. The Kier molecular flexibility index (Phi) is 14.6. The van der Waals surface area contributed by atoms with Crippen molar-refractivity contribution in [3.63, 3.8) is 0 Å². The molecule has 0 radical (unpaired) electrons.